The van der Waals surface area contributed by atoms with Gasteiger partial charge in [0.2, 0.25) is 5.91 Å². The Bertz CT molecular complexity index is 888. The molecular weight excluding hydrogens is 357 g/mol. The van der Waals surface area contributed by atoms with E-state index < -0.39 is 11.7 Å². The number of carbonyl (C=O) groups excluding carboxylic acids is 1. The summed E-state index contributed by atoms with van der Waals surface area (Å²) in [6, 6.07) is 13.9. The lowest BCUT2D eigenvalue weighted by Gasteiger charge is -2.08. The van der Waals surface area contributed by atoms with Crippen molar-refractivity contribution in [2.75, 3.05) is 5.32 Å². The number of amides is 1. The standard InChI is InChI=1S/C20H17F3N2O2/c21-20(22,23)15-9-11-16(12-10-15)25-18(26)7-4-8-19-24-13-17(27-19)14-5-2-1-3-6-14/h1-3,5-6,9-13H,4,7-8H2,(H,25,26). The minimum Gasteiger partial charge on any atom is -0.441 e. The maximum Gasteiger partial charge on any atom is 0.416 e. The zero-order chi connectivity index (χ0) is 19.3. The number of halogens is 3. The van der Waals surface area contributed by atoms with Gasteiger partial charge in [0.1, 0.15) is 0 Å². The number of aryl methyl sites for hydroxylation is 1. The summed E-state index contributed by atoms with van der Waals surface area (Å²) in [4.78, 5) is 16.1. The van der Waals surface area contributed by atoms with Crippen LogP contribution in [0, 0.1) is 0 Å². The molecule has 2 aromatic carbocycles. The maximum atomic E-state index is 12.5. The molecule has 4 nitrogen and oxygen atoms in total. The Balaban J connectivity index is 1.47. The third kappa shape index (κ3) is 5.20. The van der Waals surface area contributed by atoms with Crippen molar-refractivity contribution in [2.24, 2.45) is 0 Å². The maximum absolute atomic E-state index is 12.5. The number of rotatable bonds is 6. The first kappa shape index (κ1) is 18.7. The number of oxazole rings is 1. The number of hydrogen-bond donors (Lipinski definition) is 1. The van der Waals surface area contributed by atoms with Crippen LogP contribution in [0.5, 0.6) is 0 Å². The predicted molar refractivity (Wildman–Crippen MR) is 95.0 cm³/mol. The van der Waals surface area contributed by atoms with Gasteiger partial charge in [-0.25, -0.2) is 4.98 Å². The van der Waals surface area contributed by atoms with E-state index in [1.54, 1.807) is 6.20 Å². The van der Waals surface area contributed by atoms with Crippen LogP contribution >= 0.6 is 0 Å². The fraction of sp³-hybridized carbons (Fsp3) is 0.200. The van der Waals surface area contributed by atoms with Gasteiger partial charge in [-0.2, -0.15) is 13.2 Å². The molecule has 0 aliphatic rings. The average molecular weight is 374 g/mol. The van der Waals surface area contributed by atoms with Gasteiger partial charge in [-0.05, 0) is 30.7 Å². The van der Waals surface area contributed by atoms with Gasteiger partial charge in [0, 0.05) is 24.1 Å². The highest BCUT2D eigenvalue weighted by Crippen LogP contribution is 2.29. The van der Waals surface area contributed by atoms with Gasteiger partial charge < -0.3 is 9.73 Å². The molecule has 0 aliphatic carbocycles. The van der Waals surface area contributed by atoms with E-state index in [0.29, 0.717) is 30.2 Å². The SMILES string of the molecule is O=C(CCCc1ncc(-c2ccccc2)o1)Nc1ccc(C(F)(F)F)cc1. The highest BCUT2D eigenvalue weighted by Gasteiger charge is 2.29. The van der Waals surface area contributed by atoms with Crippen molar-refractivity contribution in [2.45, 2.75) is 25.4 Å². The van der Waals surface area contributed by atoms with Gasteiger partial charge in [-0.3, -0.25) is 4.79 Å². The summed E-state index contributed by atoms with van der Waals surface area (Å²) in [5, 5.41) is 2.58. The smallest absolute Gasteiger partial charge is 0.416 e. The third-order valence-corrected chi connectivity index (χ3v) is 3.90. The molecular formula is C20H17F3N2O2. The molecule has 140 valence electrons. The van der Waals surface area contributed by atoms with E-state index in [0.717, 1.165) is 17.7 Å². The molecule has 0 radical (unpaired) electrons. The van der Waals surface area contributed by atoms with Gasteiger partial charge in [-0.15, -0.1) is 0 Å². The van der Waals surface area contributed by atoms with E-state index in [2.05, 4.69) is 10.3 Å². The summed E-state index contributed by atoms with van der Waals surface area (Å²) in [7, 11) is 0. The molecule has 1 N–H and O–H groups in total. The number of anilines is 1. The molecule has 3 aromatic rings. The zero-order valence-electron chi connectivity index (χ0n) is 14.3. The highest BCUT2D eigenvalue weighted by molar-refractivity contribution is 5.90. The van der Waals surface area contributed by atoms with Gasteiger partial charge in [0.05, 0.1) is 11.8 Å². The molecule has 0 bridgehead atoms. The quantitative estimate of drug-likeness (QED) is 0.635. The molecule has 0 fully saturated rings. The normalized spacial score (nSPS) is 11.4. The second kappa shape index (κ2) is 8.07. The van der Waals surface area contributed by atoms with Crippen molar-refractivity contribution < 1.29 is 22.4 Å². The summed E-state index contributed by atoms with van der Waals surface area (Å²) >= 11 is 0. The average Bonchev–Trinajstić information content (AvgIpc) is 3.11. The Morgan fingerprint density at radius 3 is 2.41 bits per heavy atom. The van der Waals surface area contributed by atoms with Crippen LogP contribution in [-0.4, -0.2) is 10.9 Å². The fourth-order valence-corrected chi connectivity index (χ4v) is 2.53. The van der Waals surface area contributed by atoms with Gasteiger partial charge in [-0.1, -0.05) is 30.3 Å². The summed E-state index contributed by atoms with van der Waals surface area (Å²) in [6.45, 7) is 0. The van der Waals surface area contributed by atoms with E-state index in [1.165, 1.54) is 12.1 Å². The first-order valence-corrected chi connectivity index (χ1v) is 8.39. The number of nitrogens with zero attached hydrogens (tertiary/aromatic N) is 1. The van der Waals surface area contributed by atoms with Crippen LogP contribution in [0.1, 0.15) is 24.3 Å². The van der Waals surface area contributed by atoms with Crippen molar-refractivity contribution in [1.29, 1.82) is 0 Å². The van der Waals surface area contributed by atoms with Crippen LogP contribution in [0.25, 0.3) is 11.3 Å². The van der Waals surface area contributed by atoms with Crippen molar-refractivity contribution in [1.82, 2.24) is 4.98 Å². The Labute approximate surface area is 154 Å². The van der Waals surface area contributed by atoms with Crippen molar-refractivity contribution in [3.63, 3.8) is 0 Å². The lowest BCUT2D eigenvalue weighted by Crippen LogP contribution is -2.12. The van der Waals surface area contributed by atoms with Crippen molar-refractivity contribution in [3.05, 3.63) is 72.2 Å². The van der Waals surface area contributed by atoms with Crippen LogP contribution in [0.3, 0.4) is 0 Å². The number of hydrogen-bond acceptors (Lipinski definition) is 3. The summed E-state index contributed by atoms with van der Waals surface area (Å²) in [6.07, 6.45) is -1.53. The largest absolute Gasteiger partial charge is 0.441 e. The van der Waals surface area contributed by atoms with E-state index in [1.807, 2.05) is 30.3 Å². The number of carbonyl (C=O) groups is 1. The highest BCUT2D eigenvalue weighted by atomic mass is 19.4. The molecule has 27 heavy (non-hydrogen) atoms. The van der Waals surface area contributed by atoms with Crippen LogP contribution in [0.2, 0.25) is 0 Å². The van der Waals surface area contributed by atoms with E-state index in [-0.39, 0.29) is 12.3 Å². The van der Waals surface area contributed by atoms with Gasteiger partial charge >= 0.3 is 6.18 Å². The van der Waals surface area contributed by atoms with Crippen LogP contribution in [0.15, 0.2) is 65.2 Å². The van der Waals surface area contributed by atoms with Gasteiger partial charge in [0.15, 0.2) is 11.7 Å². The van der Waals surface area contributed by atoms with Crippen LogP contribution in [0.4, 0.5) is 18.9 Å². The molecule has 0 aliphatic heterocycles. The molecule has 0 spiro atoms. The topological polar surface area (TPSA) is 55.1 Å². The lowest BCUT2D eigenvalue weighted by molar-refractivity contribution is -0.137. The third-order valence-electron chi connectivity index (χ3n) is 3.90. The molecule has 1 heterocycles. The Morgan fingerprint density at radius 1 is 1.04 bits per heavy atom. The van der Waals surface area contributed by atoms with Gasteiger partial charge in [0.25, 0.3) is 0 Å². The predicted octanol–water partition coefficient (Wildman–Crippen LogP) is 5.32. The number of aromatic nitrogens is 1. The second-order valence-electron chi connectivity index (χ2n) is 5.96. The summed E-state index contributed by atoms with van der Waals surface area (Å²) < 4.78 is 43.2. The molecule has 0 saturated carbocycles. The molecule has 1 aromatic heterocycles. The summed E-state index contributed by atoms with van der Waals surface area (Å²) in [5.74, 6) is 0.931. The van der Waals surface area contributed by atoms with Crippen LogP contribution < -0.4 is 5.32 Å². The molecule has 3 rings (SSSR count). The minimum absolute atomic E-state index is 0.212. The fourth-order valence-electron chi connectivity index (χ4n) is 2.53. The zero-order valence-corrected chi connectivity index (χ0v) is 14.3. The van der Waals surface area contributed by atoms with E-state index in [9.17, 15) is 18.0 Å². The van der Waals surface area contributed by atoms with E-state index in [4.69, 9.17) is 4.42 Å². The number of benzene rings is 2. The molecule has 0 unspecified atom stereocenters. The van der Waals surface area contributed by atoms with Crippen molar-refractivity contribution in [3.8, 4) is 11.3 Å². The lowest BCUT2D eigenvalue weighted by atomic mass is 10.2. The first-order valence-electron chi connectivity index (χ1n) is 8.39. The molecule has 7 heteroatoms. The molecule has 1 amide bonds. The monoisotopic (exact) mass is 374 g/mol. The number of nitrogens with one attached hydrogen (secondary N) is 1. The van der Waals surface area contributed by atoms with Crippen molar-refractivity contribution >= 4 is 11.6 Å². The second-order valence-corrected chi connectivity index (χ2v) is 5.96. The Kier molecular flexibility index (Phi) is 5.59. The number of alkyl halides is 3. The van der Waals surface area contributed by atoms with Crippen LogP contribution in [-0.2, 0) is 17.4 Å². The first-order chi connectivity index (χ1) is 12.9. The van der Waals surface area contributed by atoms with E-state index >= 15 is 0 Å². The minimum atomic E-state index is -4.39. The summed E-state index contributed by atoms with van der Waals surface area (Å²) in [5.41, 5.74) is 0.505. The Morgan fingerprint density at radius 2 is 1.74 bits per heavy atom. The molecule has 0 atom stereocenters. The Hall–Kier alpha value is -3.09. The molecule has 0 saturated heterocycles.